The molecule has 386 valence electrons. The lowest BCUT2D eigenvalue weighted by Gasteiger charge is -2.49. The number of thiocarbonyl (C=S) groups is 1. The van der Waals surface area contributed by atoms with Crippen LogP contribution in [0.5, 0.6) is 0 Å². The van der Waals surface area contributed by atoms with Crippen molar-refractivity contribution in [1.82, 2.24) is 9.80 Å². The maximum atomic E-state index is 14.3. The summed E-state index contributed by atoms with van der Waals surface area (Å²) in [6, 6.07) is 44.6. The third-order valence-corrected chi connectivity index (χ3v) is 14.3. The van der Waals surface area contributed by atoms with Gasteiger partial charge < -0.3 is 47.5 Å². The molecule has 5 aromatic rings. The van der Waals surface area contributed by atoms with Gasteiger partial charge in [-0.2, -0.15) is 0 Å². The van der Waals surface area contributed by atoms with Crippen LogP contribution in [-0.4, -0.2) is 125 Å². The number of carbonyl (C=O) groups is 3. The van der Waals surface area contributed by atoms with E-state index in [2.05, 4.69) is 0 Å². The van der Waals surface area contributed by atoms with E-state index < -0.39 is 78.3 Å². The second-order valence-corrected chi connectivity index (χ2v) is 19.5. The van der Waals surface area contributed by atoms with Gasteiger partial charge >= 0.3 is 5.97 Å². The highest BCUT2D eigenvalue weighted by Crippen LogP contribution is 2.40. The Balaban J connectivity index is 1.17. The van der Waals surface area contributed by atoms with Crippen molar-refractivity contribution in [2.45, 2.75) is 115 Å². The van der Waals surface area contributed by atoms with Gasteiger partial charge in [-0.25, -0.2) is 0 Å². The maximum absolute atomic E-state index is 14.3. The van der Waals surface area contributed by atoms with E-state index in [4.69, 9.17) is 54.8 Å². The van der Waals surface area contributed by atoms with Gasteiger partial charge in [-0.3, -0.25) is 19.3 Å². The molecule has 0 aromatic heterocycles. The molecule has 10 atom stereocenters. The van der Waals surface area contributed by atoms with Gasteiger partial charge in [0.15, 0.2) is 12.4 Å². The van der Waals surface area contributed by atoms with Gasteiger partial charge in [0.25, 0.3) is 17.0 Å². The Morgan fingerprint density at radius 3 is 1.44 bits per heavy atom. The molecule has 0 unspecified atom stereocenters. The van der Waals surface area contributed by atoms with Crippen molar-refractivity contribution in [3.63, 3.8) is 0 Å². The molecular weight excluding hydrogens is 969 g/mol. The third kappa shape index (κ3) is 13.6. The van der Waals surface area contributed by atoms with E-state index >= 15 is 0 Å². The summed E-state index contributed by atoms with van der Waals surface area (Å²) in [5, 5.41) is 0.315. The number of nitrogens with zero attached hydrogens (tertiary/aromatic N) is 2. The monoisotopic (exact) mass is 1030 g/mol. The van der Waals surface area contributed by atoms with Gasteiger partial charge in [-0.05, 0) is 66.2 Å². The predicted molar refractivity (Wildman–Crippen MR) is 279 cm³/mol. The molecule has 5 aromatic carbocycles. The molecule has 0 spiro atoms. The number of esters is 1. The topological polar surface area (TPSA) is 141 Å². The quantitative estimate of drug-likeness (QED) is 0.0350. The van der Waals surface area contributed by atoms with Crippen LogP contribution in [0.1, 0.15) is 70.7 Å². The Morgan fingerprint density at radius 1 is 0.562 bits per heavy atom. The predicted octanol–water partition coefficient (Wildman–Crippen LogP) is 8.79. The number of hydrogen-bond acceptors (Lipinski definition) is 14. The highest BCUT2D eigenvalue weighted by Gasteiger charge is 2.57. The van der Waals surface area contributed by atoms with Gasteiger partial charge in [0.1, 0.15) is 54.7 Å². The molecule has 16 heteroatoms. The van der Waals surface area contributed by atoms with Crippen molar-refractivity contribution in [1.29, 1.82) is 0 Å². The van der Waals surface area contributed by atoms with Gasteiger partial charge in [0.2, 0.25) is 0 Å². The molecule has 0 bridgehead atoms. The molecule has 3 aliphatic rings. The first kappa shape index (κ1) is 53.8. The first-order valence-electron chi connectivity index (χ1n) is 24.9. The third-order valence-electron chi connectivity index (χ3n) is 12.9. The van der Waals surface area contributed by atoms with Crippen molar-refractivity contribution in [2.75, 3.05) is 32.1 Å². The van der Waals surface area contributed by atoms with Crippen molar-refractivity contribution in [2.24, 2.45) is 0 Å². The minimum absolute atomic E-state index is 0.0142. The van der Waals surface area contributed by atoms with E-state index in [1.54, 1.807) is 24.3 Å². The Morgan fingerprint density at radius 2 is 0.986 bits per heavy atom. The molecule has 2 amide bonds. The summed E-state index contributed by atoms with van der Waals surface area (Å²) in [5.74, 6) is -1.13. The SMILES string of the molecule is CCS[C@@H]1O[C@H](CO[C@H]2O[C@H](COC(=S)N(CC)CC)[C@@H](OCc3ccccc3)[C@H](OCc3ccccc3)[C@H]2OCc2ccccc2)[C@@H](OCc2ccccc2)[C@H](OC(C)=O)[C@H]1N1C(=O)c2ccccc2C1=O. The molecule has 2 fully saturated rings. The molecule has 8 rings (SSSR count). The van der Waals surface area contributed by atoms with Crippen LogP contribution in [0, 0.1) is 0 Å². The molecule has 2 saturated heterocycles. The Kier molecular flexibility index (Phi) is 19.6. The fourth-order valence-corrected chi connectivity index (χ4v) is 10.7. The molecule has 3 heterocycles. The average molecular weight is 1030 g/mol. The van der Waals surface area contributed by atoms with Crippen LogP contribution in [0.25, 0.3) is 0 Å². The van der Waals surface area contributed by atoms with Gasteiger partial charge in [-0.1, -0.05) is 140 Å². The standard InChI is InChI=1S/C57H64N2O12S2/c1-5-58(6-2)57(72)68-37-45-49(64-33-40-24-14-9-15-25-40)51(65-34-41-26-16-10-17-27-41)52(66-35-42-28-18-11-19-29-42)55(70-45)67-36-46-48(63-32-39-22-12-8-13-23-39)50(69-38(4)60)47(56(71-46)73-7-3)59-53(61)43-30-20-21-31-44(43)54(59)62/h8-31,45-52,55-56H,5-7,32-37H2,1-4H3/t45-,46-,47-,48-,49-,50-,51+,52-,55+,56+/m1/s1. The van der Waals surface area contributed by atoms with Crippen molar-refractivity contribution in [3.8, 4) is 0 Å². The summed E-state index contributed by atoms with van der Waals surface area (Å²) in [6.07, 6.45) is -7.67. The van der Waals surface area contributed by atoms with Crippen LogP contribution in [-0.2, 0) is 73.9 Å². The van der Waals surface area contributed by atoms with E-state index in [9.17, 15) is 14.4 Å². The molecule has 14 nitrogen and oxygen atoms in total. The first-order valence-corrected chi connectivity index (χ1v) is 26.3. The number of fused-ring (bicyclic) bond motifs is 1. The molecule has 0 aliphatic carbocycles. The van der Waals surface area contributed by atoms with Crippen LogP contribution in [0.2, 0.25) is 0 Å². The summed E-state index contributed by atoms with van der Waals surface area (Å²) in [7, 11) is 0. The highest BCUT2D eigenvalue weighted by molar-refractivity contribution is 7.99. The summed E-state index contributed by atoms with van der Waals surface area (Å²) >= 11 is 7.17. The van der Waals surface area contributed by atoms with E-state index in [1.807, 2.05) is 147 Å². The molecule has 0 radical (unpaired) electrons. The summed E-state index contributed by atoms with van der Waals surface area (Å²) in [5.41, 5.74) is 3.25. The number of amides is 2. The largest absolute Gasteiger partial charge is 0.468 e. The number of benzene rings is 5. The lowest BCUT2D eigenvalue weighted by molar-refractivity contribution is -0.333. The smallest absolute Gasteiger partial charge is 0.303 e. The molecule has 0 saturated carbocycles. The van der Waals surface area contributed by atoms with Gasteiger partial charge in [0.05, 0.1) is 44.2 Å². The van der Waals surface area contributed by atoms with Crippen molar-refractivity contribution < 1.29 is 57.0 Å². The number of carbonyl (C=O) groups excluding carboxylic acids is 3. The van der Waals surface area contributed by atoms with E-state index in [1.165, 1.54) is 18.7 Å². The van der Waals surface area contributed by atoms with Crippen LogP contribution in [0.15, 0.2) is 146 Å². The zero-order chi connectivity index (χ0) is 51.1. The number of imide groups is 1. The van der Waals surface area contributed by atoms with Crippen LogP contribution in [0.4, 0.5) is 0 Å². The van der Waals surface area contributed by atoms with Gasteiger partial charge in [-0.15, -0.1) is 11.8 Å². The second-order valence-electron chi connectivity index (χ2n) is 17.8. The Bertz CT molecular complexity index is 2510. The zero-order valence-electron chi connectivity index (χ0n) is 41.6. The van der Waals surface area contributed by atoms with Gasteiger partial charge in [0, 0.05) is 20.0 Å². The lowest BCUT2D eigenvalue weighted by Crippen LogP contribution is -2.66. The van der Waals surface area contributed by atoms with E-state index in [0.29, 0.717) is 24.0 Å². The molecule has 3 aliphatic heterocycles. The molecule has 73 heavy (non-hydrogen) atoms. The second kappa shape index (κ2) is 26.6. The highest BCUT2D eigenvalue weighted by atomic mass is 32.2. The van der Waals surface area contributed by atoms with E-state index in [0.717, 1.165) is 27.2 Å². The van der Waals surface area contributed by atoms with Crippen molar-refractivity contribution >= 4 is 46.9 Å². The zero-order valence-corrected chi connectivity index (χ0v) is 43.2. The Labute approximate surface area is 437 Å². The minimum Gasteiger partial charge on any atom is -0.468 e. The fraction of sp³-hybridized carbons (Fsp3) is 0.404. The number of ether oxygens (including phenoxy) is 9. The molecule has 0 N–H and O–H groups in total. The minimum atomic E-state index is -1.19. The Hall–Kier alpha value is -5.53. The first-order chi connectivity index (χ1) is 35.7. The number of rotatable bonds is 23. The average Bonchev–Trinajstić information content (AvgIpc) is 3.66. The van der Waals surface area contributed by atoms with Crippen LogP contribution in [0.3, 0.4) is 0 Å². The maximum Gasteiger partial charge on any atom is 0.303 e. The molecular formula is C57H64N2O12S2. The summed E-state index contributed by atoms with van der Waals surface area (Å²) < 4.78 is 61.0. The van der Waals surface area contributed by atoms with Crippen molar-refractivity contribution in [3.05, 3.63) is 179 Å². The summed E-state index contributed by atoms with van der Waals surface area (Å²) in [4.78, 5) is 44.9. The van der Waals surface area contributed by atoms with E-state index in [-0.39, 0.29) is 50.8 Å². The normalized spacial score (nSPS) is 24.7. The summed E-state index contributed by atoms with van der Waals surface area (Å²) in [6.45, 7) is 9.04. The van der Waals surface area contributed by atoms with Crippen LogP contribution >= 0.6 is 24.0 Å². The number of hydrogen-bond donors (Lipinski definition) is 0. The number of thioether (sulfide) groups is 1. The van der Waals surface area contributed by atoms with Crippen LogP contribution < -0.4 is 0 Å². The fourth-order valence-electron chi connectivity index (χ4n) is 9.30. The lowest BCUT2D eigenvalue weighted by atomic mass is 9.95.